The molecule has 3 atom stereocenters. The molecule has 32 heavy (non-hydrogen) atoms. The second-order valence-electron chi connectivity index (χ2n) is 10.5. The van der Waals surface area contributed by atoms with Gasteiger partial charge in [-0.3, -0.25) is 14.4 Å². The second kappa shape index (κ2) is 7.76. The molecule has 3 unspecified atom stereocenters. The number of carbonyl (C=O) groups is 3. The van der Waals surface area contributed by atoms with Gasteiger partial charge in [0.1, 0.15) is 17.8 Å². The minimum atomic E-state index is -1.68. The maximum Gasteiger partial charge on any atom is 0.270 e. The van der Waals surface area contributed by atoms with Crippen molar-refractivity contribution in [3.05, 3.63) is 23.5 Å². The van der Waals surface area contributed by atoms with Gasteiger partial charge in [-0.05, 0) is 50.8 Å². The number of hydrogen-bond donors (Lipinski definition) is 3. The smallest absolute Gasteiger partial charge is 0.270 e. The minimum Gasteiger partial charge on any atom is -0.355 e. The minimum absolute atomic E-state index is 0.00546. The summed E-state index contributed by atoms with van der Waals surface area (Å²) in [6.45, 7) is 1.90. The zero-order chi connectivity index (χ0) is 22.5. The van der Waals surface area contributed by atoms with Crippen LogP contribution in [0.2, 0.25) is 18.1 Å². The quantitative estimate of drug-likeness (QED) is 0.591. The standard InChI is InChI=1S/C23H31N5O3Si/c1-15-4-5-18(25-15)22(31)28-14-32(8-2-3-9-32)13-19(28)21(30)26-17(12-24)10-16-11-23(6-7-23)27-20(16)29/h4-5,16-17,19,25H,2-3,6-11,13-14H2,1H3,(H,26,30)(H,27,29). The molecule has 1 saturated carbocycles. The van der Waals surface area contributed by atoms with Crippen LogP contribution in [0.25, 0.3) is 0 Å². The van der Waals surface area contributed by atoms with Crippen LogP contribution < -0.4 is 10.6 Å². The van der Waals surface area contributed by atoms with E-state index in [2.05, 4.69) is 21.7 Å². The lowest BCUT2D eigenvalue weighted by atomic mass is 9.96. The summed E-state index contributed by atoms with van der Waals surface area (Å²) in [4.78, 5) is 43.8. The van der Waals surface area contributed by atoms with E-state index in [1.165, 1.54) is 12.8 Å². The molecule has 9 heteroatoms. The van der Waals surface area contributed by atoms with Crippen LogP contribution >= 0.6 is 0 Å². The Morgan fingerprint density at radius 3 is 2.69 bits per heavy atom. The zero-order valence-corrected chi connectivity index (χ0v) is 19.6. The lowest BCUT2D eigenvalue weighted by Crippen LogP contribution is -2.49. The Balaban J connectivity index is 1.30. The van der Waals surface area contributed by atoms with Crippen molar-refractivity contribution >= 4 is 25.8 Å². The number of rotatable bonds is 5. The van der Waals surface area contributed by atoms with E-state index in [9.17, 15) is 19.6 Å². The van der Waals surface area contributed by atoms with Gasteiger partial charge in [0.25, 0.3) is 5.91 Å². The molecule has 1 aromatic heterocycles. The van der Waals surface area contributed by atoms with Crippen molar-refractivity contribution in [1.29, 1.82) is 5.26 Å². The number of hydrogen-bond acceptors (Lipinski definition) is 4. The van der Waals surface area contributed by atoms with Gasteiger partial charge in [0.05, 0.1) is 14.1 Å². The number of nitrogens with one attached hydrogen (secondary N) is 3. The Kier molecular flexibility index (Phi) is 5.16. The Labute approximate surface area is 189 Å². The molecule has 3 aliphatic heterocycles. The number of aryl methyl sites for hydroxylation is 1. The fraction of sp³-hybridized carbons (Fsp3) is 0.652. The highest BCUT2D eigenvalue weighted by Gasteiger charge is 2.53. The Bertz CT molecular complexity index is 988. The SMILES string of the molecule is Cc1ccc(C(=O)N2C[Si]3(CCCC3)CC2C(=O)NC(C#N)CC2CC3(CC3)NC2=O)[nH]1. The summed E-state index contributed by atoms with van der Waals surface area (Å²) >= 11 is 0. The van der Waals surface area contributed by atoms with Gasteiger partial charge in [0.15, 0.2) is 0 Å². The van der Waals surface area contributed by atoms with Gasteiger partial charge in [-0.2, -0.15) is 5.26 Å². The number of aromatic nitrogens is 1. The maximum atomic E-state index is 13.4. The number of carbonyl (C=O) groups excluding carboxylic acids is 3. The molecule has 0 radical (unpaired) electrons. The highest BCUT2D eigenvalue weighted by molar-refractivity contribution is 6.82. The van der Waals surface area contributed by atoms with Gasteiger partial charge in [0, 0.05) is 23.3 Å². The van der Waals surface area contributed by atoms with Gasteiger partial charge >= 0.3 is 0 Å². The van der Waals surface area contributed by atoms with E-state index in [1.54, 1.807) is 11.0 Å². The first-order valence-corrected chi connectivity index (χ1v) is 14.6. The average Bonchev–Trinajstić information content (AvgIpc) is 3.19. The first-order chi connectivity index (χ1) is 15.3. The number of nitriles is 1. The van der Waals surface area contributed by atoms with Crippen molar-refractivity contribution in [2.45, 2.75) is 81.2 Å². The van der Waals surface area contributed by atoms with Crippen LogP contribution in [0.5, 0.6) is 0 Å². The van der Waals surface area contributed by atoms with Crippen molar-refractivity contribution < 1.29 is 14.4 Å². The first kappa shape index (κ1) is 21.3. The summed E-state index contributed by atoms with van der Waals surface area (Å²) in [6.07, 6.45) is 6.16. The van der Waals surface area contributed by atoms with E-state index in [-0.39, 0.29) is 29.2 Å². The number of H-pyrrole nitrogens is 1. The largest absolute Gasteiger partial charge is 0.355 e. The van der Waals surface area contributed by atoms with Gasteiger partial charge in [-0.15, -0.1) is 0 Å². The zero-order valence-electron chi connectivity index (χ0n) is 18.6. The van der Waals surface area contributed by atoms with Crippen molar-refractivity contribution in [3.63, 3.8) is 0 Å². The number of amides is 3. The number of nitrogens with zero attached hydrogens (tertiary/aromatic N) is 2. The highest BCUT2D eigenvalue weighted by atomic mass is 28.3. The number of aromatic amines is 1. The monoisotopic (exact) mass is 453 g/mol. The van der Waals surface area contributed by atoms with Crippen molar-refractivity contribution in [1.82, 2.24) is 20.5 Å². The van der Waals surface area contributed by atoms with E-state index in [0.717, 1.165) is 43.1 Å². The molecule has 4 aliphatic rings. The van der Waals surface area contributed by atoms with Gasteiger partial charge in [-0.1, -0.05) is 24.9 Å². The first-order valence-electron chi connectivity index (χ1n) is 11.8. The average molecular weight is 454 g/mol. The van der Waals surface area contributed by atoms with Crippen LogP contribution in [0.3, 0.4) is 0 Å². The molecule has 3 N–H and O–H groups in total. The summed E-state index contributed by atoms with van der Waals surface area (Å²) in [6, 6.07) is 7.67. The van der Waals surface area contributed by atoms with Crippen LogP contribution in [-0.4, -0.2) is 59.5 Å². The van der Waals surface area contributed by atoms with Gasteiger partial charge in [0.2, 0.25) is 11.8 Å². The third-order valence-corrected chi connectivity index (χ3v) is 13.1. The molecular weight excluding hydrogens is 422 g/mol. The molecule has 3 saturated heterocycles. The third kappa shape index (κ3) is 3.85. The maximum absolute atomic E-state index is 13.4. The summed E-state index contributed by atoms with van der Waals surface area (Å²) in [5.74, 6) is -0.617. The van der Waals surface area contributed by atoms with Crippen LogP contribution in [-0.2, 0) is 9.59 Å². The highest BCUT2D eigenvalue weighted by Crippen LogP contribution is 2.46. The molecule has 0 bridgehead atoms. The summed E-state index contributed by atoms with van der Waals surface area (Å²) in [5, 5.41) is 15.6. The predicted octanol–water partition coefficient (Wildman–Crippen LogP) is 2.00. The van der Waals surface area contributed by atoms with E-state index in [4.69, 9.17) is 0 Å². The fourth-order valence-corrected chi connectivity index (χ4v) is 11.5. The molecule has 4 fully saturated rings. The molecule has 2 spiro atoms. The van der Waals surface area contributed by atoms with Crippen molar-refractivity contribution in [2.75, 3.05) is 6.17 Å². The molecule has 170 valence electrons. The Morgan fingerprint density at radius 1 is 1.34 bits per heavy atom. The summed E-state index contributed by atoms with van der Waals surface area (Å²) in [7, 11) is -1.68. The predicted molar refractivity (Wildman–Crippen MR) is 120 cm³/mol. The van der Waals surface area contributed by atoms with E-state index in [1.807, 2.05) is 13.0 Å². The lowest BCUT2D eigenvalue weighted by Gasteiger charge is -2.25. The van der Waals surface area contributed by atoms with Crippen LogP contribution in [0.4, 0.5) is 0 Å². The molecule has 8 nitrogen and oxygen atoms in total. The summed E-state index contributed by atoms with van der Waals surface area (Å²) in [5.41, 5.74) is 1.38. The molecule has 3 amide bonds. The molecular formula is C23H31N5O3Si. The van der Waals surface area contributed by atoms with Crippen molar-refractivity contribution in [2.24, 2.45) is 5.92 Å². The van der Waals surface area contributed by atoms with Crippen LogP contribution in [0, 0.1) is 24.2 Å². The van der Waals surface area contributed by atoms with E-state index >= 15 is 0 Å². The Morgan fingerprint density at radius 2 is 2.09 bits per heavy atom. The molecule has 1 aliphatic carbocycles. The second-order valence-corrected chi connectivity index (χ2v) is 15.2. The van der Waals surface area contributed by atoms with E-state index < -0.39 is 20.2 Å². The molecule has 4 heterocycles. The van der Waals surface area contributed by atoms with Gasteiger partial charge < -0.3 is 20.5 Å². The fourth-order valence-electron chi connectivity index (χ4n) is 6.12. The molecule has 5 rings (SSSR count). The normalized spacial score (nSPS) is 28.0. The third-order valence-electron chi connectivity index (χ3n) is 8.04. The molecule has 0 aromatic carbocycles. The van der Waals surface area contributed by atoms with Crippen LogP contribution in [0.1, 0.15) is 54.7 Å². The van der Waals surface area contributed by atoms with E-state index in [0.29, 0.717) is 18.3 Å². The summed E-state index contributed by atoms with van der Waals surface area (Å²) < 4.78 is 0. The lowest BCUT2D eigenvalue weighted by molar-refractivity contribution is -0.126. The van der Waals surface area contributed by atoms with Crippen LogP contribution in [0.15, 0.2) is 12.1 Å². The molecule has 1 aromatic rings. The topological polar surface area (TPSA) is 118 Å². The Hall–Kier alpha value is -2.60. The van der Waals surface area contributed by atoms with Gasteiger partial charge in [-0.25, -0.2) is 0 Å². The van der Waals surface area contributed by atoms with Crippen molar-refractivity contribution in [3.8, 4) is 6.07 Å².